The zero-order chi connectivity index (χ0) is 22.5. The van der Waals surface area contributed by atoms with E-state index in [0.717, 1.165) is 19.4 Å². The number of alkyl halides is 1. The number of hydrogen-bond donors (Lipinski definition) is 0. The molecule has 5 rings (SSSR count). The zero-order valence-corrected chi connectivity index (χ0v) is 18.2. The van der Waals surface area contributed by atoms with E-state index in [1.54, 1.807) is 30.4 Å². The lowest BCUT2D eigenvalue weighted by Gasteiger charge is -2.22. The Kier molecular flexibility index (Phi) is 5.03. The van der Waals surface area contributed by atoms with Crippen molar-refractivity contribution in [1.82, 2.24) is 24.6 Å². The van der Waals surface area contributed by atoms with Crippen LogP contribution in [0.4, 0.5) is 8.78 Å². The second-order valence-corrected chi connectivity index (χ2v) is 9.27. The minimum atomic E-state index is -1.02. The van der Waals surface area contributed by atoms with Crippen LogP contribution in [0.3, 0.4) is 0 Å². The van der Waals surface area contributed by atoms with Crippen LogP contribution in [-0.2, 0) is 19.8 Å². The van der Waals surface area contributed by atoms with E-state index in [4.69, 9.17) is 0 Å². The minimum Gasteiger partial charge on any atom is -0.336 e. The summed E-state index contributed by atoms with van der Waals surface area (Å²) in [5, 5.41) is 4.50. The van der Waals surface area contributed by atoms with Gasteiger partial charge in [0.1, 0.15) is 18.2 Å². The Morgan fingerprint density at radius 1 is 1.12 bits per heavy atom. The number of rotatable bonds is 5. The van der Waals surface area contributed by atoms with Crippen LogP contribution >= 0.6 is 0 Å². The summed E-state index contributed by atoms with van der Waals surface area (Å²) in [4.78, 5) is 22.7. The van der Waals surface area contributed by atoms with Crippen LogP contribution in [0.25, 0.3) is 22.4 Å². The number of pyridine rings is 2. The molecule has 1 aliphatic carbocycles. The molecule has 0 bridgehead atoms. The lowest BCUT2D eigenvalue weighted by molar-refractivity contribution is 0.0816. The average Bonchev–Trinajstić information content (AvgIpc) is 3.48. The molecule has 3 aromatic rings. The summed E-state index contributed by atoms with van der Waals surface area (Å²) >= 11 is 0. The summed E-state index contributed by atoms with van der Waals surface area (Å²) in [5.74, 6) is -0.826. The molecule has 0 N–H and O–H groups in total. The number of carbonyl (C=O) groups is 1. The van der Waals surface area contributed by atoms with Crippen LogP contribution in [0.2, 0.25) is 0 Å². The summed E-state index contributed by atoms with van der Waals surface area (Å²) in [6.45, 7) is 2.49. The van der Waals surface area contributed by atoms with Gasteiger partial charge in [-0.05, 0) is 30.4 Å². The van der Waals surface area contributed by atoms with Gasteiger partial charge in [-0.1, -0.05) is 19.8 Å². The number of hydrogen-bond acceptors (Lipinski definition) is 4. The summed E-state index contributed by atoms with van der Waals surface area (Å²) < 4.78 is 29.9. The Bertz CT molecular complexity index is 1200. The van der Waals surface area contributed by atoms with Gasteiger partial charge in [0.25, 0.3) is 5.91 Å². The van der Waals surface area contributed by atoms with Gasteiger partial charge in [0.05, 0.1) is 29.7 Å². The van der Waals surface area contributed by atoms with Crippen LogP contribution in [0.1, 0.15) is 54.4 Å². The SMILES string of the molecule is CN1Cc2ncc(-c3nc(CF)c(F)cc3-c3cnn(CC4(C)CCCC4)c3)cc2C1=O. The molecule has 8 heteroatoms. The van der Waals surface area contributed by atoms with Gasteiger partial charge >= 0.3 is 0 Å². The molecule has 166 valence electrons. The van der Waals surface area contributed by atoms with Gasteiger partial charge in [0, 0.05) is 42.7 Å². The van der Waals surface area contributed by atoms with Gasteiger partial charge in [-0.15, -0.1) is 0 Å². The summed E-state index contributed by atoms with van der Waals surface area (Å²) in [6, 6.07) is 3.01. The molecule has 1 aliphatic heterocycles. The molecule has 0 aromatic carbocycles. The monoisotopic (exact) mass is 437 g/mol. The summed E-state index contributed by atoms with van der Waals surface area (Å²) in [6.07, 6.45) is 9.98. The highest BCUT2D eigenvalue weighted by Gasteiger charge is 2.30. The largest absolute Gasteiger partial charge is 0.336 e. The summed E-state index contributed by atoms with van der Waals surface area (Å²) in [5.41, 5.74) is 3.27. The molecule has 0 atom stereocenters. The Morgan fingerprint density at radius 3 is 2.66 bits per heavy atom. The van der Waals surface area contributed by atoms with Crippen LogP contribution in [-0.4, -0.2) is 37.6 Å². The van der Waals surface area contributed by atoms with Crippen molar-refractivity contribution in [3.8, 4) is 22.4 Å². The smallest absolute Gasteiger partial charge is 0.255 e. The number of nitrogens with zero attached hydrogens (tertiary/aromatic N) is 5. The Labute approximate surface area is 185 Å². The molecule has 0 radical (unpaired) electrons. The topological polar surface area (TPSA) is 63.9 Å². The molecule has 1 fully saturated rings. The fraction of sp³-hybridized carbons (Fsp3) is 0.417. The molecule has 32 heavy (non-hydrogen) atoms. The zero-order valence-electron chi connectivity index (χ0n) is 18.2. The third-order valence-corrected chi connectivity index (χ3v) is 6.68. The van der Waals surface area contributed by atoms with E-state index >= 15 is 0 Å². The molecule has 2 aliphatic rings. The third kappa shape index (κ3) is 3.57. The number of carbonyl (C=O) groups excluding carboxylic acids is 1. The van der Waals surface area contributed by atoms with E-state index < -0.39 is 12.5 Å². The maximum absolute atomic E-state index is 14.6. The van der Waals surface area contributed by atoms with Crippen molar-refractivity contribution in [2.24, 2.45) is 5.41 Å². The van der Waals surface area contributed by atoms with Crippen molar-refractivity contribution < 1.29 is 13.6 Å². The third-order valence-electron chi connectivity index (χ3n) is 6.68. The highest BCUT2D eigenvalue weighted by Crippen LogP contribution is 2.39. The Morgan fingerprint density at radius 2 is 1.91 bits per heavy atom. The van der Waals surface area contributed by atoms with Gasteiger partial charge in [0.15, 0.2) is 0 Å². The first kappa shape index (κ1) is 20.7. The van der Waals surface area contributed by atoms with E-state index in [2.05, 4.69) is 22.0 Å². The molecule has 1 saturated carbocycles. The van der Waals surface area contributed by atoms with Gasteiger partial charge < -0.3 is 4.90 Å². The average molecular weight is 437 g/mol. The lowest BCUT2D eigenvalue weighted by atomic mass is 9.89. The van der Waals surface area contributed by atoms with Crippen molar-refractivity contribution in [3.63, 3.8) is 0 Å². The van der Waals surface area contributed by atoms with Gasteiger partial charge in [-0.2, -0.15) is 5.10 Å². The van der Waals surface area contributed by atoms with Crippen LogP contribution < -0.4 is 0 Å². The van der Waals surface area contributed by atoms with Gasteiger partial charge in [0.2, 0.25) is 0 Å². The van der Waals surface area contributed by atoms with Crippen molar-refractivity contribution in [1.29, 1.82) is 0 Å². The van der Waals surface area contributed by atoms with Gasteiger partial charge in [-0.25, -0.2) is 13.8 Å². The highest BCUT2D eigenvalue weighted by molar-refractivity contribution is 5.99. The Balaban J connectivity index is 1.57. The van der Waals surface area contributed by atoms with Crippen LogP contribution in [0.5, 0.6) is 0 Å². The van der Waals surface area contributed by atoms with E-state index in [1.807, 2.05) is 10.9 Å². The first-order valence-electron chi connectivity index (χ1n) is 10.9. The maximum atomic E-state index is 14.6. The van der Waals surface area contributed by atoms with E-state index in [0.29, 0.717) is 40.2 Å². The van der Waals surface area contributed by atoms with Crippen LogP contribution in [0.15, 0.2) is 30.7 Å². The second-order valence-electron chi connectivity index (χ2n) is 9.27. The predicted molar refractivity (Wildman–Crippen MR) is 116 cm³/mol. The standard InChI is InChI=1S/C24H25F2N5O/c1-24(5-3-4-6-24)14-31-12-16(11-28-31)17-8-19(26)20(9-25)29-22(17)15-7-18-21(27-10-15)13-30(2)23(18)32/h7-8,10-12H,3-6,9,13-14H2,1-2H3. The second kappa shape index (κ2) is 7.76. The Hall–Kier alpha value is -3.16. The highest BCUT2D eigenvalue weighted by atomic mass is 19.1. The van der Waals surface area contributed by atoms with Crippen LogP contribution in [0, 0.1) is 11.2 Å². The number of halogens is 2. The van der Waals surface area contributed by atoms with E-state index in [-0.39, 0.29) is 17.0 Å². The molecule has 0 saturated heterocycles. The molecule has 0 unspecified atom stereocenters. The number of fused-ring (bicyclic) bond motifs is 1. The molecular formula is C24H25F2N5O. The van der Waals surface area contributed by atoms with Crippen molar-refractivity contribution >= 4 is 5.91 Å². The molecular weight excluding hydrogens is 412 g/mol. The number of amides is 1. The lowest BCUT2D eigenvalue weighted by Crippen LogP contribution is -2.19. The normalized spacial score (nSPS) is 17.2. The van der Waals surface area contributed by atoms with E-state index in [1.165, 1.54) is 18.9 Å². The molecule has 1 amide bonds. The fourth-order valence-electron chi connectivity index (χ4n) is 4.86. The maximum Gasteiger partial charge on any atom is 0.255 e. The molecule has 4 heterocycles. The van der Waals surface area contributed by atoms with Crippen molar-refractivity contribution in [2.45, 2.75) is 52.4 Å². The molecule has 6 nitrogen and oxygen atoms in total. The summed E-state index contributed by atoms with van der Waals surface area (Å²) in [7, 11) is 1.71. The fourth-order valence-corrected chi connectivity index (χ4v) is 4.86. The first-order valence-corrected chi connectivity index (χ1v) is 10.9. The number of aromatic nitrogens is 4. The predicted octanol–water partition coefficient (Wildman–Crippen LogP) is 4.78. The van der Waals surface area contributed by atoms with Crippen molar-refractivity contribution in [3.05, 3.63) is 53.5 Å². The first-order chi connectivity index (χ1) is 15.4. The molecule has 3 aromatic heterocycles. The molecule has 0 spiro atoms. The quantitative estimate of drug-likeness (QED) is 0.576. The van der Waals surface area contributed by atoms with Gasteiger partial charge in [-0.3, -0.25) is 14.5 Å². The van der Waals surface area contributed by atoms with Crippen molar-refractivity contribution in [2.75, 3.05) is 7.05 Å². The van der Waals surface area contributed by atoms with E-state index in [9.17, 15) is 13.6 Å². The minimum absolute atomic E-state index is 0.124.